The molecule has 5 aliphatic rings. The van der Waals surface area contributed by atoms with Gasteiger partial charge in [0.15, 0.2) is 0 Å². The van der Waals surface area contributed by atoms with E-state index in [0.29, 0.717) is 52.0 Å². The van der Waals surface area contributed by atoms with E-state index >= 15 is 8.78 Å². The van der Waals surface area contributed by atoms with Crippen LogP contribution in [0.15, 0.2) is 17.1 Å². The number of nitrogens with zero attached hydrogens (tertiary/aromatic N) is 2. The number of ether oxygens (including phenoxy) is 1. The summed E-state index contributed by atoms with van der Waals surface area (Å²) in [6, 6.07) is -1.73. The molecule has 9 nitrogen and oxygen atoms in total. The maximum atomic E-state index is 15.5. The van der Waals surface area contributed by atoms with Crippen LogP contribution in [-0.4, -0.2) is 82.7 Å². The number of rotatable bonds is 7. The van der Waals surface area contributed by atoms with Crippen molar-refractivity contribution in [1.29, 1.82) is 0 Å². The first kappa shape index (κ1) is 33.3. The standard InChI is InChI=1S/C32H43F5N4O5/c1-40-10-6-21(32(35,36)37)25(29(40)43)27-20-4-2-3-17(19(20)5-9-38-27)13-24(30(44)45)39-28(42)26-22(33)14-18(15-23(26)34)41-11-12-46-16-31(41)7-8-31/h6,10,17-20,22-24,26-27,38H,2-5,7-9,11-16H2,1H3,(H,39,42)(H,44,45)/t17?,18?,19?,20?,22?,23?,24-,26?,27?/m0/s1. The zero-order valence-corrected chi connectivity index (χ0v) is 25.9. The Morgan fingerprint density at radius 2 is 1.87 bits per heavy atom. The fourth-order valence-electron chi connectivity index (χ4n) is 9.02. The van der Waals surface area contributed by atoms with Gasteiger partial charge in [0.05, 0.1) is 18.8 Å². The van der Waals surface area contributed by atoms with E-state index in [1.165, 1.54) is 7.05 Å². The smallest absolute Gasteiger partial charge is 0.416 e. The maximum Gasteiger partial charge on any atom is 0.416 e. The van der Waals surface area contributed by atoms with Crippen LogP contribution >= 0.6 is 0 Å². The number of fused-ring (bicyclic) bond motifs is 1. The second-order valence-corrected chi connectivity index (χ2v) is 14.1. The van der Waals surface area contributed by atoms with Gasteiger partial charge in [-0.05, 0) is 75.3 Å². The molecule has 3 aliphatic carbocycles. The molecule has 6 unspecified atom stereocenters. The molecule has 1 aromatic heterocycles. The zero-order chi connectivity index (χ0) is 33.0. The molecule has 3 saturated carbocycles. The Labute approximate surface area is 264 Å². The summed E-state index contributed by atoms with van der Waals surface area (Å²) in [6.07, 6.45) is -3.10. The van der Waals surface area contributed by atoms with Crippen LogP contribution in [0.1, 0.15) is 75.0 Å². The number of carboxylic acids is 1. The SMILES string of the molecule is Cn1ccc(C(F)(F)F)c(C2NCCC3C(C[C@H](NC(=O)C4C(F)CC(N5CCOCC56CC6)CC4F)C(=O)O)CCCC23)c1=O. The van der Waals surface area contributed by atoms with E-state index in [0.717, 1.165) is 29.7 Å². The van der Waals surface area contributed by atoms with Crippen LogP contribution in [0.4, 0.5) is 22.0 Å². The van der Waals surface area contributed by atoms with E-state index in [2.05, 4.69) is 15.5 Å². The molecule has 0 bridgehead atoms. The number of hydrogen-bond donors (Lipinski definition) is 3. The molecule has 6 rings (SSSR count). The Bertz CT molecular complexity index is 1360. The van der Waals surface area contributed by atoms with Gasteiger partial charge < -0.3 is 25.0 Å². The van der Waals surface area contributed by atoms with Crippen molar-refractivity contribution in [2.75, 3.05) is 26.3 Å². The van der Waals surface area contributed by atoms with E-state index in [1.54, 1.807) is 0 Å². The topological polar surface area (TPSA) is 113 Å². The molecule has 0 radical (unpaired) electrons. The average Bonchev–Trinajstić information content (AvgIpc) is 3.76. The number of morpholine rings is 1. The van der Waals surface area contributed by atoms with Crippen LogP contribution in [0.3, 0.4) is 0 Å². The quantitative estimate of drug-likeness (QED) is 0.383. The molecule has 0 aromatic carbocycles. The van der Waals surface area contributed by atoms with E-state index in [-0.39, 0.29) is 54.2 Å². The lowest BCUT2D eigenvalue weighted by atomic mass is 9.63. The van der Waals surface area contributed by atoms with Gasteiger partial charge in [-0.3, -0.25) is 14.5 Å². The van der Waals surface area contributed by atoms with Crippen molar-refractivity contribution in [3.63, 3.8) is 0 Å². The molecule has 3 heterocycles. The molecule has 1 spiro atoms. The van der Waals surface area contributed by atoms with Gasteiger partial charge in [0.2, 0.25) is 5.91 Å². The fourth-order valence-corrected chi connectivity index (χ4v) is 9.02. The monoisotopic (exact) mass is 658 g/mol. The van der Waals surface area contributed by atoms with Crippen molar-refractivity contribution in [2.24, 2.45) is 30.7 Å². The molecule has 1 aromatic rings. The molecule has 2 saturated heterocycles. The highest BCUT2D eigenvalue weighted by atomic mass is 19.4. The van der Waals surface area contributed by atoms with Gasteiger partial charge in [0.1, 0.15) is 24.3 Å². The van der Waals surface area contributed by atoms with Gasteiger partial charge in [-0.2, -0.15) is 13.2 Å². The molecular weight excluding hydrogens is 615 g/mol. The second-order valence-electron chi connectivity index (χ2n) is 14.1. The summed E-state index contributed by atoms with van der Waals surface area (Å²) in [5, 5.41) is 15.6. The first-order valence-electron chi connectivity index (χ1n) is 16.5. The van der Waals surface area contributed by atoms with Gasteiger partial charge in [-0.15, -0.1) is 0 Å². The highest BCUT2D eigenvalue weighted by Crippen LogP contribution is 2.49. The maximum absolute atomic E-state index is 15.5. The second kappa shape index (κ2) is 12.8. The number of halogens is 5. The number of carbonyl (C=O) groups excluding carboxylic acids is 1. The van der Waals surface area contributed by atoms with Crippen molar-refractivity contribution in [2.45, 2.75) is 100.0 Å². The number of hydrogen-bond acceptors (Lipinski definition) is 6. The molecule has 7 atom stereocenters. The third-order valence-electron chi connectivity index (χ3n) is 11.4. The molecule has 3 N–H and O–H groups in total. The Morgan fingerprint density at radius 1 is 1.15 bits per heavy atom. The summed E-state index contributed by atoms with van der Waals surface area (Å²) in [7, 11) is 1.40. The molecule has 5 fully saturated rings. The number of pyridine rings is 1. The Kier molecular flexibility index (Phi) is 9.27. The van der Waals surface area contributed by atoms with Crippen LogP contribution in [0, 0.1) is 23.7 Å². The highest BCUT2D eigenvalue weighted by molar-refractivity contribution is 5.85. The number of carbonyl (C=O) groups is 2. The molecular formula is C32H43F5N4O5. The number of carboxylic acid groups (broad SMARTS) is 1. The van der Waals surface area contributed by atoms with Crippen LogP contribution < -0.4 is 16.2 Å². The summed E-state index contributed by atoms with van der Waals surface area (Å²) >= 11 is 0. The number of amides is 1. The first-order valence-corrected chi connectivity index (χ1v) is 16.5. The number of nitrogens with one attached hydrogen (secondary N) is 2. The Balaban J connectivity index is 1.14. The normalized spacial score (nSPS) is 35.3. The van der Waals surface area contributed by atoms with Crippen molar-refractivity contribution in [3.05, 3.63) is 33.7 Å². The van der Waals surface area contributed by atoms with Crippen LogP contribution in [-0.2, 0) is 27.5 Å². The predicted molar refractivity (Wildman–Crippen MR) is 156 cm³/mol. The van der Waals surface area contributed by atoms with Gasteiger partial charge in [-0.25, -0.2) is 13.6 Å². The summed E-state index contributed by atoms with van der Waals surface area (Å²) in [5.41, 5.74) is -2.22. The van der Waals surface area contributed by atoms with Crippen molar-refractivity contribution in [3.8, 4) is 0 Å². The van der Waals surface area contributed by atoms with Crippen molar-refractivity contribution < 1.29 is 41.4 Å². The molecule has 46 heavy (non-hydrogen) atoms. The van der Waals surface area contributed by atoms with Gasteiger partial charge >= 0.3 is 12.1 Å². The van der Waals surface area contributed by atoms with E-state index in [4.69, 9.17) is 4.74 Å². The lowest BCUT2D eigenvalue weighted by molar-refractivity contribution is -0.146. The van der Waals surface area contributed by atoms with Crippen LogP contribution in [0.5, 0.6) is 0 Å². The first-order chi connectivity index (χ1) is 21.8. The minimum Gasteiger partial charge on any atom is -0.480 e. The largest absolute Gasteiger partial charge is 0.480 e. The summed E-state index contributed by atoms with van der Waals surface area (Å²) < 4.78 is 79.8. The molecule has 14 heteroatoms. The zero-order valence-electron chi connectivity index (χ0n) is 25.9. The number of alkyl halides is 5. The minimum atomic E-state index is -4.73. The summed E-state index contributed by atoms with van der Waals surface area (Å²) in [6.45, 7) is 1.94. The van der Waals surface area contributed by atoms with Crippen molar-refractivity contribution >= 4 is 11.9 Å². The number of aromatic nitrogens is 1. The lowest BCUT2D eigenvalue weighted by Gasteiger charge is -2.47. The van der Waals surface area contributed by atoms with Gasteiger partial charge in [0.25, 0.3) is 5.56 Å². The van der Waals surface area contributed by atoms with Gasteiger partial charge in [0, 0.05) is 43.0 Å². The molecule has 1 amide bonds. The van der Waals surface area contributed by atoms with Crippen LogP contribution in [0.25, 0.3) is 0 Å². The Morgan fingerprint density at radius 3 is 2.52 bits per heavy atom. The molecule has 256 valence electrons. The fraction of sp³-hybridized carbons (Fsp3) is 0.781. The van der Waals surface area contributed by atoms with Crippen molar-refractivity contribution in [1.82, 2.24) is 20.1 Å². The average molecular weight is 659 g/mol. The molecule has 2 aliphatic heterocycles. The third kappa shape index (κ3) is 6.33. The number of aliphatic carboxylic acids is 1. The lowest BCUT2D eigenvalue weighted by Crippen LogP contribution is -2.58. The summed E-state index contributed by atoms with van der Waals surface area (Å²) in [5.74, 6) is -4.75. The third-order valence-corrected chi connectivity index (χ3v) is 11.4. The van der Waals surface area contributed by atoms with E-state index in [1.807, 2.05) is 0 Å². The number of aryl methyl sites for hydroxylation is 1. The summed E-state index contributed by atoms with van der Waals surface area (Å²) in [4.78, 5) is 40.8. The number of piperidine rings is 1. The predicted octanol–water partition coefficient (Wildman–Crippen LogP) is 3.75. The Hall–Kier alpha value is -2.58. The minimum absolute atomic E-state index is 0.0162. The van der Waals surface area contributed by atoms with Crippen LogP contribution in [0.2, 0.25) is 0 Å². The van der Waals surface area contributed by atoms with E-state index < -0.39 is 59.5 Å². The van der Waals surface area contributed by atoms with E-state index in [9.17, 15) is 32.7 Å². The highest BCUT2D eigenvalue weighted by Gasteiger charge is 2.55. The van der Waals surface area contributed by atoms with Gasteiger partial charge in [-0.1, -0.05) is 12.8 Å².